The monoisotopic (exact) mass is 398 g/mol. The van der Waals surface area contributed by atoms with Gasteiger partial charge in [0.25, 0.3) is 11.1 Å². The van der Waals surface area contributed by atoms with Crippen LogP contribution in [0.15, 0.2) is 41.3 Å². The molecule has 1 saturated heterocycles. The van der Waals surface area contributed by atoms with E-state index in [-0.39, 0.29) is 24.5 Å². The van der Waals surface area contributed by atoms with Crippen LogP contribution >= 0.6 is 23.4 Å². The van der Waals surface area contributed by atoms with Gasteiger partial charge in [0, 0.05) is 11.1 Å². The average molecular weight is 399 g/mol. The van der Waals surface area contributed by atoms with E-state index in [1.54, 1.807) is 42.5 Å². The van der Waals surface area contributed by atoms with Crippen molar-refractivity contribution in [3.05, 3.63) is 63.0 Å². The molecule has 8 heteroatoms. The first-order valence-corrected chi connectivity index (χ1v) is 9.08. The Hall–Kier alpha value is -2.95. The molecule has 2 aliphatic heterocycles. The Balaban J connectivity index is 1.56. The highest BCUT2D eigenvalue weighted by Gasteiger charge is 2.35. The van der Waals surface area contributed by atoms with E-state index in [0.717, 1.165) is 22.2 Å². The molecule has 0 aromatic heterocycles. The lowest BCUT2D eigenvalue weighted by Gasteiger charge is -2.14. The number of carbonyl (C=O) groups is 2. The van der Waals surface area contributed by atoms with Gasteiger partial charge in [-0.1, -0.05) is 23.7 Å². The molecule has 1 fully saturated rings. The number of thioether (sulfide) groups is 1. The highest BCUT2D eigenvalue weighted by atomic mass is 35.5. The first-order chi connectivity index (χ1) is 13.0. The topological polar surface area (TPSA) is 79.6 Å². The Morgan fingerprint density at radius 2 is 1.89 bits per heavy atom. The second kappa shape index (κ2) is 6.99. The van der Waals surface area contributed by atoms with Crippen molar-refractivity contribution in [2.45, 2.75) is 6.54 Å². The SMILES string of the molecule is N#Cc1ccc(/C=C2\SC(=O)N(Cc3cc4c(cc3Cl)OCO4)C2=O)cc1. The van der Waals surface area contributed by atoms with Crippen LogP contribution in [0.1, 0.15) is 16.7 Å². The molecule has 2 aromatic carbocycles. The lowest BCUT2D eigenvalue weighted by molar-refractivity contribution is -0.123. The first kappa shape index (κ1) is 17.5. The normalized spacial score (nSPS) is 16.9. The number of nitriles is 1. The number of hydrogen-bond acceptors (Lipinski definition) is 6. The number of carbonyl (C=O) groups excluding carboxylic acids is 2. The van der Waals surface area contributed by atoms with Crippen molar-refractivity contribution < 1.29 is 19.1 Å². The minimum Gasteiger partial charge on any atom is -0.454 e. The molecule has 2 heterocycles. The molecular formula is C19H11ClN2O4S. The lowest BCUT2D eigenvalue weighted by atomic mass is 10.1. The predicted molar refractivity (Wildman–Crippen MR) is 100 cm³/mol. The van der Waals surface area contributed by atoms with Crippen LogP contribution in [-0.2, 0) is 11.3 Å². The summed E-state index contributed by atoms with van der Waals surface area (Å²) in [6, 6.07) is 12.1. The molecule has 6 nitrogen and oxygen atoms in total. The molecule has 0 radical (unpaired) electrons. The van der Waals surface area contributed by atoms with Crippen LogP contribution in [0.3, 0.4) is 0 Å². The van der Waals surface area contributed by atoms with Gasteiger partial charge >= 0.3 is 0 Å². The molecule has 2 aromatic rings. The Bertz CT molecular complexity index is 1030. The molecule has 0 unspecified atom stereocenters. The van der Waals surface area contributed by atoms with Crippen LogP contribution in [0, 0.1) is 11.3 Å². The maximum absolute atomic E-state index is 12.7. The van der Waals surface area contributed by atoms with Crippen molar-refractivity contribution in [3.8, 4) is 17.6 Å². The van der Waals surface area contributed by atoms with Crippen LogP contribution in [0.4, 0.5) is 4.79 Å². The number of amides is 2. The highest BCUT2D eigenvalue weighted by molar-refractivity contribution is 8.18. The molecule has 4 rings (SSSR count). The number of hydrogen-bond donors (Lipinski definition) is 0. The molecule has 0 atom stereocenters. The molecular weight excluding hydrogens is 388 g/mol. The van der Waals surface area contributed by atoms with Gasteiger partial charge in [-0.3, -0.25) is 14.5 Å². The summed E-state index contributed by atoms with van der Waals surface area (Å²) in [4.78, 5) is 26.4. The van der Waals surface area contributed by atoms with Crippen molar-refractivity contribution in [1.82, 2.24) is 4.90 Å². The van der Waals surface area contributed by atoms with Gasteiger partial charge in [-0.25, -0.2) is 0 Å². The van der Waals surface area contributed by atoms with Crippen LogP contribution in [0.2, 0.25) is 5.02 Å². The third kappa shape index (κ3) is 3.37. The van der Waals surface area contributed by atoms with Gasteiger partial charge in [-0.05, 0) is 47.2 Å². The second-order valence-electron chi connectivity index (χ2n) is 5.80. The van der Waals surface area contributed by atoms with Gasteiger partial charge < -0.3 is 9.47 Å². The summed E-state index contributed by atoms with van der Waals surface area (Å²) in [6.45, 7) is 0.162. The first-order valence-electron chi connectivity index (χ1n) is 7.89. The second-order valence-corrected chi connectivity index (χ2v) is 7.20. The summed E-state index contributed by atoms with van der Waals surface area (Å²) in [6.07, 6.45) is 1.63. The number of nitrogens with zero attached hydrogens (tertiary/aromatic N) is 2. The summed E-state index contributed by atoms with van der Waals surface area (Å²) in [5.41, 5.74) is 1.86. The summed E-state index contributed by atoms with van der Waals surface area (Å²) in [7, 11) is 0. The van der Waals surface area contributed by atoms with Crippen molar-refractivity contribution in [2.24, 2.45) is 0 Å². The van der Waals surface area contributed by atoms with Gasteiger partial charge in [-0.15, -0.1) is 0 Å². The van der Waals surface area contributed by atoms with Crippen molar-refractivity contribution >= 4 is 40.6 Å². The number of fused-ring (bicyclic) bond motifs is 1. The largest absolute Gasteiger partial charge is 0.454 e. The fourth-order valence-corrected chi connectivity index (χ4v) is 3.74. The lowest BCUT2D eigenvalue weighted by Crippen LogP contribution is -2.27. The van der Waals surface area contributed by atoms with E-state index in [0.29, 0.717) is 32.6 Å². The van der Waals surface area contributed by atoms with E-state index in [2.05, 4.69) is 0 Å². The van der Waals surface area contributed by atoms with Gasteiger partial charge in [-0.2, -0.15) is 5.26 Å². The Labute approximate surface area is 163 Å². The van der Waals surface area contributed by atoms with Crippen molar-refractivity contribution in [1.29, 1.82) is 5.26 Å². The Kier molecular flexibility index (Phi) is 4.52. The minimum absolute atomic E-state index is 0.0465. The maximum Gasteiger partial charge on any atom is 0.293 e. The smallest absolute Gasteiger partial charge is 0.293 e. The zero-order chi connectivity index (χ0) is 19.0. The summed E-state index contributed by atoms with van der Waals surface area (Å²) < 4.78 is 10.6. The van der Waals surface area contributed by atoms with Crippen LogP contribution in [0.25, 0.3) is 6.08 Å². The minimum atomic E-state index is -0.386. The standard InChI is InChI=1S/C19H11ClN2O4S/c20-14-7-16-15(25-10-26-16)6-13(14)9-22-18(23)17(27-19(22)24)5-11-1-3-12(8-21)4-2-11/h1-7H,9-10H2/b17-5-. The van der Waals surface area contributed by atoms with Gasteiger partial charge in [0.15, 0.2) is 11.5 Å². The van der Waals surface area contributed by atoms with E-state index in [1.807, 2.05) is 6.07 Å². The summed E-state index contributed by atoms with van der Waals surface area (Å²) in [5.74, 6) is 0.691. The molecule has 0 spiro atoms. The molecule has 2 aliphatic rings. The Morgan fingerprint density at radius 3 is 2.59 bits per heavy atom. The van der Waals surface area contributed by atoms with Gasteiger partial charge in [0.1, 0.15) is 0 Å². The van der Waals surface area contributed by atoms with Gasteiger partial charge in [0.2, 0.25) is 6.79 Å². The predicted octanol–water partition coefficient (Wildman–Crippen LogP) is 4.18. The summed E-state index contributed by atoms with van der Waals surface area (Å²) >= 11 is 7.12. The van der Waals surface area contributed by atoms with E-state index < -0.39 is 0 Å². The van der Waals surface area contributed by atoms with Crippen LogP contribution in [0.5, 0.6) is 11.5 Å². The zero-order valence-electron chi connectivity index (χ0n) is 13.8. The van der Waals surface area contributed by atoms with E-state index in [9.17, 15) is 9.59 Å². The van der Waals surface area contributed by atoms with E-state index in [4.69, 9.17) is 26.3 Å². The molecule has 0 N–H and O–H groups in total. The fraction of sp³-hybridized carbons (Fsp3) is 0.105. The van der Waals surface area contributed by atoms with E-state index >= 15 is 0 Å². The molecule has 0 bridgehead atoms. The molecule has 2 amide bonds. The molecule has 0 aliphatic carbocycles. The fourth-order valence-electron chi connectivity index (χ4n) is 2.69. The van der Waals surface area contributed by atoms with Crippen LogP contribution in [-0.4, -0.2) is 22.8 Å². The molecule has 0 saturated carbocycles. The molecule has 134 valence electrons. The van der Waals surface area contributed by atoms with E-state index in [1.165, 1.54) is 0 Å². The number of imide groups is 1. The maximum atomic E-state index is 12.7. The zero-order valence-corrected chi connectivity index (χ0v) is 15.3. The summed E-state index contributed by atoms with van der Waals surface area (Å²) in [5, 5.41) is 8.87. The van der Waals surface area contributed by atoms with Crippen molar-refractivity contribution in [3.63, 3.8) is 0 Å². The highest BCUT2D eigenvalue weighted by Crippen LogP contribution is 2.39. The quantitative estimate of drug-likeness (QED) is 0.721. The van der Waals surface area contributed by atoms with Crippen molar-refractivity contribution in [2.75, 3.05) is 6.79 Å². The third-order valence-electron chi connectivity index (χ3n) is 4.08. The van der Waals surface area contributed by atoms with Gasteiger partial charge in [0.05, 0.1) is 23.1 Å². The molecule has 27 heavy (non-hydrogen) atoms. The average Bonchev–Trinajstić information content (AvgIpc) is 3.22. The number of rotatable bonds is 3. The van der Waals surface area contributed by atoms with Crippen LogP contribution < -0.4 is 9.47 Å². The third-order valence-corrected chi connectivity index (χ3v) is 5.34. The Morgan fingerprint density at radius 1 is 1.19 bits per heavy atom. The number of ether oxygens (including phenoxy) is 2. The number of benzene rings is 2. The number of halogens is 1.